The molecule has 0 aliphatic heterocycles. The van der Waals surface area contributed by atoms with Crippen LogP contribution in [0.3, 0.4) is 0 Å². The van der Waals surface area contributed by atoms with E-state index in [9.17, 15) is 28.1 Å². The van der Waals surface area contributed by atoms with Crippen molar-refractivity contribution < 1.29 is 27.7 Å². The molecule has 0 aliphatic carbocycles. The zero-order valence-electron chi connectivity index (χ0n) is 25.9. The molecule has 0 aliphatic rings. The maximum absolute atomic E-state index is 14.4. The minimum absolute atomic E-state index is 0.0600. The Bertz CT molecular complexity index is 1700. The van der Waals surface area contributed by atoms with Crippen molar-refractivity contribution in [3.63, 3.8) is 0 Å². The van der Waals surface area contributed by atoms with Crippen LogP contribution in [0.1, 0.15) is 38.3 Å². The maximum atomic E-state index is 14.4. The number of methoxy groups -OCH3 is 1. The molecule has 0 saturated carbocycles. The Hall–Kier alpha value is -3.58. The van der Waals surface area contributed by atoms with Crippen LogP contribution >= 0.6 is 34.8 Å². The van der Waals surface area contributed by atoms with Gasteiger partial charge in [-0.2, -0.15) is 0 Å². The third kappa shape index (κ3) is 8.61. The van der Waals surface area contributed by atoms with Crippen LogP contribution < -0.4 is 14.4 Å². The van der Waals surface area contributed by atoms with Gasteiger partial charge in [0.1, 0.15) is 18.3 Å². The van der Waals surface area contributed by atoms with Gasteiger partial charge < -0.3 is 15.0 Å². The summed E-state index contributed by atoms with van der Waals surface area (Å²) >= 11 is 19.2. The number of sulfonamides is 1. The average molecular weight is 714 g/mol. The SMILES string of the molecule is CC[C@H](C(=O)NCC(C)C)N(Cc1c(Cl)cccc1Cl)C(=O)CN(c1cc(Cl)ccc1OC)S(=O)(=O)c1ccc(C)c([N+](=O)[O-])c1. The number of carbonyl (C=O) groups excluding carboxylic acids is 2. The molecule has 3 aromatic carbocycles. The van der Waals surface area contributed by atoms with Crippen molar-refractivity contribution >= 4 is 68.0 Å². The summed E-state index contributed by atoms with van der Waals surface area (Å²) in [4.78, 5) is 39.6. The molecule has 2 amide bonds. The predicted octanol–water partition coefficient (Wildman–Crippen LogP) is 6.65. The van der Waals surface area contributed by atoms with E-state index >= 15 is 0 Å². The molecule has 0 radical (unpaired) electrons. The number of nitro benzene ring substituents is 1. The van der Waals surface area contributed by atoms with Crippen LogP contribution in [0.4, 0.5) is 11.4 Å². The van der Waals surface area contributed by atoms with Crippen molar-refractivity contribution in [3.05, 3.63) is 90.9 Å². The second-order valence-corrected chi connectivity index (χ2v) is 13.9. The molecule has 0 fully saturated rings. The van der Waals surface area contributed by atoms with Gasteiger partial charge in [0.2, 0.25) is 11.8 Å². The number of nitrogens with one attached hydrogen (secondary N) is 1. The van der Waals surface area contributed by atoms with Gasteiger partial charge in [-0.3, -0.25) is 24.0 Å². The molecule has 46 heavy (non-hydrogen) atoms. The lowest BCUT2D eigenvalue weighted by molar-refractivity contribution is -0.385. The molecule has 0 bridgehead atoms. The highest BCUT2D eigenvalue weighted by atomic mass is 35.5. The van der Waals surface area contributed by atoms with Crippen LogP contribution in [0, 0.1) is 23.0 Å². The molecular weight excluding hydrogens is 679 g/mol. The Balaban J connectivity index is 2.21. The Morgan fingerprint density at radius 2 is 1.70 bits per heavy atom. The largest absolute Gasteiger partial charge is 0.495 e. The minimum Gasteiger partial charge on any atom is -0.495 e. The Kier molecular flexibility index (Phi) is 12.7. The average Bonchev–Trinajstić information content (AvgIpc) is 2.99. The molecule has 3 rings (SSSR count). The first kappa shape index (κ1) is 36.9. The summed E-state index contributed by atoms with van der Waals surface area (Å²) in [7, 11) is -3.36. The van der Waals surface area contributed by atoms with Crippen LogP contribution in [0.15, 0.2) is 59.5 Å². The minimum atomic E-state index is -4.68. The normalized spacial score (nSPS) is 12.0. The lowest BCUT2D eigenvalue weighted by Crippen LogP contribution is -2.52. The Labute approximate surface area is 283 Å². The monoisotopic (exact) mass is 712 g/mol. The van der Waals surface area contributed by atoms with Gasteiger partial charge >= 0.3 is 0 Å². The number of ether oxygens (including phenoxy) is 1. The van der Waals surface area contributed by atoms with E-state index in [2.05, 4.69) is 5.32 Å². The van der Waals surface area contributed by atoms with Gasteiger partial charge in [-0.05, 0) is 55.7 Å². The lowest BCUT2D eigenvalue weighted by atomic mass is 10.1. The van der Waals surface area contributed by atoms with Crippen molar-refractivity contribution in [3.8, 4) is 5.75 Å². The predicted molar refractivity (Wildman–Crippen MR) is 179 cm³/mol. The quantitative estimate of drug-likeness (QED) is 0.146. The zero-order valence-corrected chi connectivity index (χ0v) is 29.0. The fraction of sp³-hybridized carbons (Fsp3) is 0.355. The first-order valence-corrected chi connectivity index (χ1v) is 16.8. The summed E-state index contributed by atoms with van der Waals surface area (Å²) in [5.74, 6) is -1.05. The number of aryl methyl sites for hydroxylation is 1. The van der Waals surface area contributed by atoms with Gasteiger partial charge in [0.05, 0.1) is 22.6 Å². The number of hydrogen-bond acceptors (Lipinski definition) is 7. The zero-order chi connectivity index (χ0) is 34.3. The summed E-state index contributed by atoms with van der Waals surface area (Å²) in [5.41, 5.74) is 0.0824. The van der Waals surface area contributed by atoms with E-state index in [1.54, 1.807) is 25.1 Å². The fourth-order valence-electron chi connectivity index (χ4n) is 4.64. The van der Waals surface area contributed by atoms with Gasteiger partial charge in [-0.15, -0.1) is 0 Å². The number of amides is 2. The second-order valence-electron chi connectivity index (χ2n) is 10.8. The summed E-state index contributed by atoms with van der Waals surface area (Å²) in [6.45, 7) is 6.32. The molecule has 3 aromatic rings. The van der Waals surface area contributed by atoms with Crippen molar-refractivity contribution in [1.82, 2.24) is 10.2 Å². The number of carbonyl (C=O) groups is 2. The van der Waals surface area contributed by atoms with Crippen molar-refractivity contribution in [2.45, 2.75) is 51.6 Å². The topological polar surface area (TPSA) is 139 Å². The third-order valence-electron chi connectivity index (χ3n) is 7.11. The summed E-state index contributed by atoms with van der Waals surface area (Å²) in [6, 6.07) is 11.4. The standard InChI is InChI=1S/C31H35Cl3N4O7S/c1-6-26(31(40)35-16-19(2)3)36(17-23-24(33)8-7-9-25(23)34)30(39)18-37(28-14-21(32)11-13-29(28)45-5)46(43,44)22-12-10-20(4)27(15-22)38(41)42/h7-15,19,26H,6,16-18H2,1-5H3,(H,35,40)/t26-/m1/s1. The molecule has 11 nitrogen and oxygen atoms in total. The first-order chi connectivity index (χ1) is 21.6. The molecule has 248 valence electrons. The summed E-state index contributed by atoms with van der Waals surface area (Å²) in [5, 5.41) is 15.2. The number of anilines is 1. The molecule has 0 heterocycles. The number of nitro groups is 1. The number of rotatable bonds is 14. The number of halogens is 3. The molecule has 1 N–H and O–H groups in total. The van der Waals surface area contributed by atoms with Gasteiger partial charge in [-0.25, -0.2) is 8.42 Å². The number of benzene rings is 3. The second kappa shape index (κ2) is 15.8. The highest BCUT2D eigenvalue weighted by Gasteiger charge is 2.36. The van der Waals surface area contributed by atoms with Gasteiger partial charge in [0.25, 0.3) is 15.7 Å². The number of hydrogen-bond donors (Lipinski definition) is 1. The van der Waals surface area contributed by atoms with E-state index in [4.69, 9.17) is 39.5 Å². The maximum Gasteiger partial charge on any atom is 0.273 e. The Morgan fingerprint density at radius 1 is 1.04 bits per heavy atom. The van der Waals surface area contributed by atoms with Crippen molar-refractivity contribution in [2.75, 3.05) is 24.5 Å². The summed E-state index contributed by atoms with van der Waals surface area (Å²) < 4.78 is 34.8. The molecule has 15 heteroatoms. The van der Waals surface area contributed by atoms with E-state index in [1.165, 1.54) is 49.3 Å². The lowest BCUT2D eigenvalue weighted by Gasteiger charge is -2.34. The third-order valence-corrected chi connectivity index (χ3v) is 9.81. The van der Waals surface area contributed by atoms with Gasteiger partial charge in [0, 0.05) is 45.4 Å². The van der Waals surface area contributed by atoms with Crippen molar-refractivity contribution in [2.24, 2.45) is 5.92 Å². The van der Waals surface area contributed by atoms with Crippen LogP contribution in [0.5, 0.6) is 5.75 Å². The number of nitrogens with zero attached hydrogens (tertiary/aromatic N) is 3. The molecular formula is C31H35Cl3N4O7S. The molecule has 0 unspecified atom stereocenters. The molecule has 0 saturated heterocycles. The summed E-state index contributed by atoms with van der Waals surface area (Å²) in [6.07, 6.45) is 0.176. The van der Waals surface area contributed by atoms with E-state index in [-0.39, 0.29) is 51.0 Å². The van der Waals surface area contributed by atoms with Crippen LogP contribution in [0.2, 0.25) is 15.1 Å². The smallest absolute Gasteiger partial charge is 0.273 e. The van der Waals surface area contributed by atoms with Crippen LogP contribution in [-0.2, 0) is 26.2 Å². The highest BCUT2D eigenvalue weighted by Crippen LogP contribution is 2.36. The first-order valence-electron chi connectivity index (χ1n) is 14.2. The molecule has 0 spiro atoms. The van der Waals surface area contributed by atoms with Crippen LogP contribution in [-0.4, -0.2) is 56.3 Å². The van der Waals surface area contributed by atoms with E-state index in [0.717, 1.165) is 10.4 Å². The Morgan fingerprint density at radius 3 is 2.26 bits per heavy atom. The van der Waals surface area contributed by atoms with E-state index in [1.807, 2.05) is 13.8 Å². The highest BCUT2D eigenvalue weighted by molar-refractivity contribution is 7.92. The molecule has 0 aromatic heterocycles. The van der Waals surface area contributed by atoms with Gasteiger partial charge in [0.15, 0.2) is 0 Å². The molecule has 1 atom stereocenters. The fourth-order valence-corrected chi connectivity index (χ4v) is 6.76. The van der Waals surface area contributed by atoms with Crippen LogP contribution in [0.25, 0.3) is 0 Å². The van der Waals surface area contributed by atoms with Crippen molar-refractivity contribution in [1.29, 1.82) is 0 Å². The van der Waals surface area contributed by atoms with Gasteiger partial charge in [-0.1, -0.05) is 67.7 Å². The van der Waals surface area contributed by atoms with E-state index < -0.39 is 49.9 Å². The van der Waals surface area contributed by atoms with E-state index in [0.29, 0.717) is 12.1 Å².